The van der Waals surface area contributed by atoms with Gasteiger partial charge in [-0.15, -0.1) is 0 Å². The fourth-order valence-electron chi connectivity index (χ4n) is 1.86. The Balaban J connectivity index is 2.31. The minimum Gasteiger partial charge on any atom is -0.282 e. The molecule has 0 radical (unpaired) electrons. The van der Waals surface area contributed by atoms with Gasteiger partial charge in [-0.2, -0.15) is 5.10 Å². The van der Waals surface area contributed by atoms with Crippen molar-refractivity contribution in [2.75, 3.05) is 0 Å². The van der Waals surface area contributed by atoms with Gasteiger partial charge in [0.05, 0.1) is 5.69 Å². The van der Waals surface area contributed by atoms with Crippen LogP contribution in [0.4, 0.5) is 0 Å². The molecule has 0 atom stereocenters. The van der Waals surface area contributed by atoms with Gasteiger partial charge < -0.3 is 0 Å². The van der Waals surface area contributed by atoms with Gasteiger partial charge in [0.2, 0.25) is 0 Å². The molecule has 0 aliphatic heterocycles. The van der Waals surface area contributed by atoms with Crippen LogP contribution in [0, 0.1) is 6.92 Å². The van der Waals surface area contributed by atoms with Crippen LogP contribution in [0.15, 0.2) is 42.6 Å². The molecule has 3 nitrogen and oxygen atoms in total. The van der Waals surface area contributed by atoms with Crippen molar-refractivity contribution in [3.05, 3.63) is 48.3 Å². The zero-order valence-corrected chi connectivity index (χ0v) is 8.94. The molecule has 0 aliphatic rings. The second kappa shape index (κ2) is 3.45. The lowest BCUT2D eigenvalue weighted by Crippen LogP contribution is -1.85. The van der Waals surface area contributed by atoms with Gasteiger partial charge in [-0.1, -0.05) is 24.3 Å². The van der Waals surface area contributed by atoms with Crippen molar-refractivity contribution >= 4 is 10.8 Å². The number of aromatic nitrogens is 3. The van der Waals surface area contributed by atoms with Crippen LogP contribution in [-0.4, -0.2) is 15.2 Å². The predicted octanol–water partition coefficient (Wildman–Crippen LogP) is 2.93. The molecule has 3 aromatic rings. The maximum atomic E-state index is 4.41. The monoisotopic (exact) mass is 209 g/mol. The van der Waals surface area contributed by atoms with Crippen LogP contribution in [0.5, 0.6) is 0 Å². The molecule has 0 fully saturated rings. The first-order chi connectivity index (χ1) is 7.84. The van der Waals surface area contributed by atoms with Gasteiger partial charge in [-0.25, -0.2) is 0 Å². The number of rotatable bonds is 1. The smallest absolute Gasteiger partial charge is 0.111 e. The largest absolute Gasteiger partial charge is 0.282 e. The zero-order chi connectivity index (χ0) is 11.0. The van der Waals surface area contributed by atoms with Gasteiger partial charge >= 0.3 is 0 Å². The molecule has 3 rings (SSSR count). The van der Waals surface area contributed by atoms with E-state index in [1.165, 1.54) is 5.39 Å². The molecule has 78 valence electrons. The Kier molecular flexibility index (Phi) is 1.96. The third-order valence-corrected chi connectivity index (χ3v) is 2.62. The Bertz CT molecular complexity index is 635. The molecule has 0 spiro atoms. The highest BCUT2D eigenvalue weighted by Gasteiger charge is 2.07. The van der Waals surface area contributed by atoms with E-state index in [2.05, 4.69) is 27.3 Å². The van der Waals surface area contributed by atoms with Crippen molar-refractivity contribution in [1.82, 2.24) is 15.2 Å². The number of H-pyrrole nitrogens is 1. The molecular formula is C13H11N3. The summed E-state index contributed by atoms with van der Waals surface area (Å²) in [7, 11) is 0. The number of fused-ring (bicyclic) bond motifs is 1. The highest BCUT2D eigenvalue weighted by Crippen LogP contribution is 2.24. The Morgan fingerprint density at radius 2 is 2.00 bits per heavy atom. The molecular weight excluding hydrogens is 198 g/mol. The van der Waals surface area contributed by atoms with Crippen LogP contribution in [0.2, 0.25) is 0 Å². The Morgan fingerprint density at radius 3 is 2.81 bits per heavy atom. The van der Waals surface area contributed by atoms with E-state index in [9.17, 15) is 0 Å². The summed E-state index contributed by atoms with van der Waals surface area (Å²) in [5, 5.41) is 9.51. The van der Waals surface area contributed by atoms with Crippen molar-refractivity contribution in [3.8, 4) is 11.4 Å². The normalized spacial score (nSPS) is 10.8. The van der Waals surface area contributed by atoms with Crippen LogP contribution in [0.1, 0.15) is 5.69 Å². The molecule has 2 aromatic heterocycles. The molecule has 16 heavy (non-hydrogen) atoms. The summed E-state index contributed by atoms with van der Waals surface area (Å²) in [6, 6.07) is 12.2. The highest BCUT2D eigenvalue weighted by molar-refractivity contribution is 5.93. The quantitative estimate of drug-likeness (QED) is 0.669. The number of hydrogen-bond donors (Lipinski definition) is 1. The maximum absolute atomic E-state index is 4.41. The molecule has 0 saturated heterocycles. The van der Waals surface area contributed by atoms with E-state index >= 15 is 0 Å². The van der Waals surface area contributed by atoms with Gasteiger partial charge in [0.15, 0.2) is 0 Å². The number of nitrogens with zero attached hydrogens (tertiary/aromatic N) is 2. The summed E-state index contributed by atoms with van der Waals surface area (Å²) in [6.45, 7) is 1.99. The Labute approximate surface area is 93.2 Å². The molecule has 0 saturated carbocycles. The van der Waals surface area contributed by atoms with Crippen LogP contribution in [0.25, 0.3) is 22.2 Å². The van der Waals surface area contributed by atoms with E-state index < -0.39 is 0 Å². The molecule has 3 heteroatoms. The second-order valence-electron chi connectivity index (χ2n) is 3.82. The molecule has 0 amide bonds. The molecule has 1 N–H and O–H groups in total. The van der Waals surface area contributed by atoms with Crippen LogP contribution in [-0.2, 0) is 0 Å². The lowest BCUT2D eigenvalue weighted by molar-refractivity contribution is 1.05. The topological polar surface area (TPSA) is 41.6 Å². The van der Waals surface area contributed by atoms with Crippen LogP contribution >= 0.6 is 0 Å². The van der Waals surface area contributed by atoms with Crippen molar-refractivity contribution in [3.63, 3.8) is 0 Å². The van der Waals surface area contributed by atoms with E-state index in [1.54, 1.807) is 0 Å². The van der Waals surface area contributed by atoms with Gasteiger partial charge in [0.1, 0.15) is 5.69 Å². The van der Waals surface area contributed by atoms with E-state index in [-0.39, 0.29) is 0 Å². The summed E-state index contributed by atoms with van der Waals surface area (Å²) in [5.41, 5.74) is 2.88. The summed E-state index contributed by atoms with van der Waals surface area (Å²) in [4.78, 5) is 4.41. The average Bonchev–Trinajstić information content (AvgIpc) is 2.75. The van der Waals surface area contributed by atoms with Crippen molar-refractivity contribution in [1.29, 1.82) is 0 Å². The first kappa shape index (κ1) is 9.09. The van der Waals surface area contributed by atoms with Crippen LogP contribution in [0.3, 0.4) is 0 Å². The third kappa shape index (κ3) is 1.37. The fraction of sp³-hybridized carbons (Fsp3) is 0.0769. The van der Waals surface area contributed by atoms with Crippen molar-refractivity contribution in [2.24, 2.45) is 0 Å². The molecule has 1 aromatic carbocycles. The van der Waals surface area contributed by atoms with Crippen molar-refractivity contribution < 1.29 is 0 Å². The van der Waals surface area contributed by atoms with E-state index in [1.807, 2.05) is 37.4 Å². The Morgan fingerprint density at radius 1 is 1.12 bits per heavy atom. The molecule has 0 aliphatic carbocycles. The van der Waals surface area contributed by atoms with Crippen molar-refractivity contribution in [2.45, 2.75) is 6.92 Å². The molecule has 0 bridgehead atoms. The van der Waals surface area contributed by atoms with E-state index in [0.717, 1.165) is 22.5 Å². The van der Waals surface area contributed by atoms with E-state index in [0.29, 0.717) is 0 Å². The number of nitrogens with one attached hydrogen (secondary N) is 1. The summed E-state index contributed by atoms with van der Waals surface area (Å²) in [5.74, 6) is 0. The minimum absolute atomic E-state index is 0.898. The van der Waals surface area contributed by atoms with Gasteiger partial charge in [-0.3, -0.25) is 10.1 Å². The number of aromatic amines is 1. The first-order valence-electron chi connectivity index (χ1n) is 5.21. The predicted molar refractivity (Wildman–Crippen MR) is 64.1 cm³/mol. The summed E-state index contributed by atoms with van der Waals surface area (Å²) >= 11 is 0. The molecule has 2 heterocycles. The molecule has 0 unspecified atom stereocenters. The fourth-order valence-corrected chi connectivity index (χ4v) is 1.86. The van der Waals surface area contributed by atoms with Gasteiger partial charge in [-0.05, 0) is 24.4 Å². The van der Waals surface area contributed by atoms with E-state index in [4.69, 9.17) is 0 Å². The SMILES string of the molecule is Cc1cc(-c2nccc3ccccc23)n[nH]1. The number of aryl methyl sites for hydroxylation is 1. The van der Waals surface area contributed by atoms with Gasteiger partial charge in [0.25, 0.3) is 0 Å². The highest BCUT2D eigenvalue weighted by atomic mass is 15.1. The summed E-state index contributed by atoms with van der Waals surface area (Å²) in [6.07, 6.45) is 1.82. The standard InChI is InChI=1S/C13H11N3/c1-9-8-12(16-15-9)13-11-5-3-2-4-10(11)6-7-14-13/h2-8H,1H3,(H,15,16). The van der Waals surface area contributed by atoms with Crippen LogP contribution < -0.4 is 0 Å². The number of pyridine rings is 1. The average molecular weight is 209 g/mol. The zero-order valence-electron chi connectivity index (χ0n) is 8.94. The Hall–Kier alpha value is -2.16. The summed E-state index contributed by atoms with van der Waals surface area (Å²) < 4.78 is 0. The third-order valence-electron chi connectivity index (χ3n) is 2.62. The first-order valence-corrected chi connectivity index (χ1v) is 5.21. The lowest BCUT2D eigenvalue weighted by Gasteiger charge is -2.01. The number of benzene rings is 1. The number of hydrogen-bond acceptors (Lipinski definition) is 2. The van der Waals surface area contributed by atoms with Gasteiger partial charge in [0, 0.05) is 17.3 Å². The lowest BCUT2D eigenvalue weighted by atomic mass is 10.1. The second-order valence-corrected chi connectivity index (χ2v) is 3.82. The minimum atomic E-state index is 0.898. The maximum Gasteiger partial charge on any atom is 0.111 e.